The zero-order valence-corrected chi connectivity index (χ0v) is 19.4. The van der Waals surface area contributed by atoms with Crippen molar-refractivity contribution in [2.24, 2.45) is 23.2 Å². The molecule has 0 radical (unpaired) electrons. The highest BCUT2D eigenvalue weighted by Gasteiger charge is 2.51. The third kappa shape index (κ3) is 4.08. The molecule has 5 aliphatic rings. The lowest BCUT2D eigenvalue weighted by Gasteiger charge is -2.56. The summed E-state index contributed by atoms with van der Waals surface area (Å²) in [5, 5.41) is 3.31. The number of amides is 2. The van der Waals surface area contributed by atoms with Crippen molar-refractivity contribution >= 4 is 11.8 Å². The molecule has 4 bridgehead atoms. The maximum Gasteiger partial charge on any atom is 0.261 e. The number of benzene rings is 1. The lowest BCUT2D eigenvalue weighted by atomic mass is 9.49. The van der Waals surface area contributed by atoms with Gasteiger partial charge in [-0.1, -0.05) is 6.07 Å². The van der Waals surface area contributed by atoms with E-state index >= 15 is 0 Å². The van der Waals surface area contributed by atoms with Crippen molar-refractivity contribution in [1.29, 1.82) is 0 Å². The Labute approximate surface area is 191 Å². The number of ether oxygens (including phenoxy) is 2. The van der Waals surface area contributed by atoms with Crippen LogP contribution in [0.2, 0.25) is 0 Å². The average Bonchev–Trinajstić information content (AvgIpc) is 2.77. The molecule has 6 nitrogen and oxygen atoms in total. The van der Waals surface area contributed by atoms with E-state index in [2.05, 4.69) is 5.32 Å². The van der Waals surface area contributed by atoms with E-state index < -0.39 is 0 Å². The molecular weight excluding hydrogens is 404 g/mol. The molecule has 0 aromatic heterocycles. The molecule has 4 saturated carbocycles. The fourth-order valence-electron chi connectivity index (χ4n) is 7.57. The molecule has 5 fully saturated rings. The zero-order valence-electron chi connectivity index (χ0n) is 19.4. The van der Waals surface area contributed by atoms with Gasteiger partial charge in [0.1, 0.15) is 17.1 Å². The van der Waals surface area contributed by atoms with Crippen molar-refractivity contribution in [3.63, 3.8) is 0 Å². The summed E-state index contributed by atoms with van der Waals surface area (Å²) in [6.45, 7) is 1.25. The van der Waals surface area contributed by atoms with Crippen molar-refractivity contribution in [1.82, 2.24) is 10.2 Å². The number of nitrogens with one attached hydrogen (secondary N) is 1. The van der Waals surface area contributed by atoms with E-state index in [-0.39, 0.29) is 23.3 Å². The zero-order chi connectivity index (χ0) is 22.3. The summed E-state index contributed by atoms with van der Waals surface area (Å²) in [6, 6.07) is 5.54. The van der Waals surface area contributed by atoms with Crippen LogP contribution in [0.15, 0.2) is 18.2 Å². The van der Waals surface area contributed by atoms with Crippen LogP contribution in [-0.4, -0.2) is 50.1 Å². The van der Waals surface area contributed by atoms with E-state index in [1.807, 2.05) is 11.0 Å². The Hall–Kier alpha value is -2.24. The Morgan fingerprint density at radius 2 is 1.50 bits per heavy atom. The van der Waals surface area contributed by atoms with Crippen molar-refractivity contribution in [3.8, 4) is 11.5 Å². The molecule has 174 valence electrons. The van der Waals surface area contributed by atoms with Crippen LogP contribution < -0.4 is 14.8 Å². The van der Waals surface area contributed by atoms with Gasteiger partial charge in [0.15, 0.2) is 0 Å². The van der Waals surface area contributed by atoms with E-state index in [4.69, 9.17) is 9.47 Å². The second-order valence-corrected chi connectivity index (χ2v) is 10.8. The molecule has 0 atom stereocenters. The highest BCUT2D eigenvalue weighted by Crippen LogP contribution is 2.61. The molecule has 1 heterocycles. The van der Waals surface area contributed by atoms with Gasteiger partial charge in [-0.15, -0.1) is 0 Å². The number of hydrogen-bond acceptors (Lipinski definition) is 4. The summed E-state index contributed by atoms with van der Waals surface area (Å²) in [7, 11) is 3.13. The molecule has 0 spiro atoms. The lowest BCUT2D eigenvalue weighted by molar-refractivity contribution is -0.130. The SMILES string of the molecule is COc1cccc(OC)c1C(=O)N1CCC(NC(=O)CC23CC4CC(CC(C4)C2)C3)CC1. The molecule has 1 aliphatic heterocycles. The minimum absolute atomic E-state index is 0.0716. The molecule has 1 aromatic rings. The maximum absolute atomic E-state index is 13.2. The summed E-state index contributed by atoms with van der Waals surface area (Å²) in [5.41, 5.74) is 0.748. The number of carbonyl (C=O) groups excluding carboxylic acids is 2. The Bertz CT molecular complexity index is 817. The van der Waals surface area contributed by atoms with Crippen LogP contribution in [0.25, 0.3) is 0 Å². The lowest BCUT2D eigenvalue weighted by Crippen LogP contribution is -2.50. The predicted molar refractivity (Wildman–Crippen MR) is 122 cm³/mol. The topological polar surface area (TPSA) is 67.9 Å². The van der Waals surface area contributed by atoms with Gasteiger partial charge in [-0.05, 0) is 86.7 Å². The van der Waals surface area contributed by atoms with Gasteiger partial charge >= 0.3 is 0 Å². The van der Waals surface area contributed by atoms with Crippen LogP contribution in [0.5, 0.6) is 11.5 Å². The fourth-order valence-corrected chi connectivity index (χ4v) is 7.57. The molecule has 4 aliphatic carbocycles. The van der Waals surface area contributed by atoms with Crippen LogP contribution in [0.3, 0.4) is 0 Å². The summed E-state index contributed by atoms with van der Waals surface area (Å²) < 4.78 is 10.8. The van der Waals surface area contributed by atoms with E-state index in [1.54, 1.807) is 26.4 Å². The second kappa shape index (κ2) is 8.60. The molecule has 32 heavy (non-hydrogen) atoms. The van der Waals surface area contributed by atoms with Gasteiger partial charge in [-0.3, -0.25) is 9.59 Å². The first kappa shape index (κ1) is 21.6. The number of likely N-dealkylation sites (tertiary alicyclic amines) is 1. The number of piperidine rings is 1. The predicted octanol–water partition coefficient (Wildman–Crippen LogP) is 4.03. The van der Waals surface area contributed by atoms with Gasteiger partial charge in [0.05, 0.1) is 14.2 Å². The largest absolute Gasteiger partial charge is 0.496 e. The molecular formula is C26H36N2O4. The van der Waals surface area contributed by atoms with Gasteiger partial charge in [0, 0.05) is 25.6 Å². The van der Waals surface area contributed by atoms with Crippen LogP contribution in [-0.2, 0) is 4.79 Å². The smallest absolute Gasteiger partial charge is 0.261 e. The molecule has 1 N–H and O–H groups in total. The molecule has 0 unspecified atom stereocenters. The van der Waals surface area contributed by atoms with E-state index in [0.29, 0.717) is 36.6 Å². The molecule has 6 rings (SSSR count). The van der Waals surface area contributed by atoms with Crippen molar-refractivity contribution in [2.45, 2.75) is 63.8 Å². The summed E-state index contributed by atoms with van der Waals surface area (Å²) in [5.74, 6) is 3.82. The van der Waals surface area contributed by atoms with Gasteiger partial charge in [-0.2, -0.15) is 0 Å². The van der Waals surface area contributed by atoms with Gasteiger partial charge in [0.25, 0.3) is 5.91 Å². The quantitative estimate of drug-likeness (QED) is 0.725. The normalized spacial score (nSPS) is 31.4. The fraction of sp³-hybridized carbons (Fsp3) is 0.692. The number of rotatable bonds is 6. The Morgan fingerprint density at radius 1 is 0.969 bits per heavy atom. The van der Waals surface area contributed by atoms with E-state index in [1.165, 1.54) is 38.5 Å². The number of hydrogen-bond donors (Lipinski definition) is 1. The van der Waals surface area contributed by atoms with Crippen LogP contribution in [0.1, 0.15) is 68.1 Å². The van der Waals surface area contributed by atoms with Gasteiger partial charge in [0.2, 0.25) is 5.91 Å². The van der Waals surface area contributed by atoms with Crippen molar-refractivity contribution in [2.75, 3.05) is 27.3 Å². The van der Waals surface area contributed by atoms with Crippen LogP contribution >= 0.6 is 0 Å². The first-order chi connectivity index (χ1) is 15.5. The van der Waals surface area contributed by atoms with Gasteiger partial charge < -0.3 is 19.7 Å². The Balaban J connectivity index is 1.16. The van der Waals surface area contributed by atoms with Crippen molar-refractivity contribution < 1.29 is 19.1 Å². The molecule has 6 heteroatoms. The minimum atomic E-state index is -0.0716. The second-order valence-electron chi connectivity index (χ2n) is 10.8. The summed E-state index contributed by atoms with van der Waals surface area (Å²) in [4.78, 5) is 28.0. The van der Waals surface area contributed by atoms with E-state index in [9.17, 15) is 9.59 Å². The highest BCUT2D eigenvalue weighted by atomic mass is 16.5. The van der Waals surface area contributed by atoms with Crippen molar-refractivity contribution in [3.05, 3.63) is 23.8 Å². The first-order valence-corrected chi connectivity index (χ1v) is 12.3. The van der Waals surface area contributed by atoms with Crippen LogP contribution in [0, 0.1) is 23.2 Å². The summed E-state index contributed by atoms with van der Waals surface area (Å²) in [6.07, 6.45) is 10.3. The van der Waals surface area contributed by atoms with E-state index in [0.717, 1.165) is 30.6 Å². The Morgan fingerprint density at radius 3 is 2.00 bits per heavy atom. The maximum atomic E-state index is 13.2. The molecule has 1 saturated heterocycles. The highest BCUT2D eigenvalue weighted by molar-refractivity contribution is 5.99. The van der Waals surface area contributed by atoms with Crippen LogP contribution in [0.4, 0.5) is 0 Å². The monoisotopic (exact) mass is 440 g/mol. The number of carbonyl (C=O) groups is 2. The third-order valence-corrected chi connectivity index (χ3v) is 8.49. The number of nitrogens with zero attached hydrogens (tertiary/aromatic N) is 1. The average molecular weight is 441 g/mol. The Kier molecular flexibility index (Phi) is 5.81. The van der Waals surface area contributed by atoms with Gasteiger partial charge in [-0.25, -0.2) is 0 Å². The number of methoxy groups -OCH3 is 2. The molecule has 1 aromatic carbocycles. The minimum Gasteiger partial charge on any atom is -0.496 e. The standard InChI is InChI=1S/C26H36N2O4/c1-31-21-4-3-5-22(32-2)24(21)25(30)28-8-6-20(7-9-28)27-23(29)16-26-13-17-10-18(14-26)12-19(11-17)15-26/h3-5,17-20H,6-16H2,1-2H3,(H,27,29). The summed E-state index contributed by atoms with van der Waals surface area (Å²) >= 11 is 0. The first-order valence-electron chi connectivity index (χ1n) is 12.3. The molecule has 2 amide bonds. The third-order valence-electron chi connectivity index (χ3n) is 8.49.